The molecule has 0 saturated heterocycles. The summed E-state index contributed by atoms with van der Waals surface area (Å²) in [5.74, 6) is -0.757. The number of aliphatic carboxylic acids is 1. The van der Waals surface area contributed by atoms with Crippen molar-refractivity contribution in [1.82, 2.24) is 0 Å². The summed E-state index contributed by atoms with van der Waals surface area (Å²) in [6.07, 6.45) is 9.55. The molecule has 0 aliphatic heterocycles. The maximum Gasteiger partial charge on any atom is 0.303 e. The molecule has 0 saturated carbocycles. The predicted molar refractivity (Wildman–Crippen MR) is 91.3 cm³/mol. The van der Waals surface area contributed by atoms with Crippen LogP contribution in [0.4, 0.5) is 0 Å². The maximum absolute atomic E-state index is 10.4. The molecule has 0 aliphatic carbocycles. The molecule has 5 nitrogen and oxygen atoms in total. The van der Waals surface area contributed by atoms with E-state index in [-0.39, 0.29) is 6.42 Å². The first kappa shape index (κ1) is 22.1. The van der Waals surface area contributed by atoms with Crippen LogP contribution < -0.4 is 0 Å². The lowest BCUT2D eigenvalue weighted by atomic mass is 10.0. The molecule has 1 unspecified atom stereocenters. The number of unbranched alkanes of at least 4 members (excludes halogenated alkanes) is 6. The lowest BCUT2D eigenvalue weighted by molar-refractivity contribution is -0.137. The van der Waals surface area contributed by atoms with E-state index in [2.05, 4.69) is 6.92 Å². The highest BCUT2D eigenvalue weighted by molar-refractivity contribution is 5.66. The van der Waals surface area contributed by atoms with Gasteiger partial charge in [-0.15, -0.1) is 0 Å². The first-order chi connectivity index (χ1) is 11.0. The molecule has 23 heavy (non-hydrogen) atoms. The van der Waals surface area contributed by atoms with Crippen LogP contribution in [0.3, 0.4) is 0 Å². The average molecular weight is 330 g/mol. The average Bonchev–Trinajstić information content (AvgIpc) is 2.51. The highest BCUT2D eigenvalue weighted by Crippen LogP contribution is 2.12. The van der Waals surface area contributed by atoms with Crippen molar-refractivity contribution in [2.24, 2.45) is 0 Å². The molecule has 0 rings (SSSR count). The summed E-state index contributed by atoms with van der Waals surface area (Å²) in [5.41, 5.74) is 0. The number of rotatable bonds is 15. The molecule has 136 valence electrons. The van der Waals surface area contributed by atoms with E-state index in [1.807, 2.05) is 0 Å². The van der Waals surface area contributed by atoms with Crippen molar-refractivity contribution in [3.05, 3.63) is 12.2 Å². The van der Waals surface area contributed by atoms with Crippen LogP contribution >= 0.6 is 0 Å². The minimum Gasteiger partial charge on any atom is -0.481 e. The molecular formula is C18H34O5. The van der Waals surface area contributed by atoms with Gasteiger partial charge >= 0.3 is 5.97 Å². The van der Waals surface area contributed by atoms with Gasteiger partial charge in [-0.1, -0.05) is 64.0 Å². The fraction of sp³-hybridized carbons (Fsp3) is 0.833. The Morgan fingerprint density at radius 1 is 0.870 bits per heavy atom. The quantitative estimate of drug-likeness (QED) is 0.273. The van der Waals surface area contributed by atoms with Crippen LogP contribution in [0.15, 0.2) is 12.2 Å². The van der Waals surface area contributed by atoms with Crippen LogP contribution in [0.5, 0.6) is 0 Å². The number of carboxylic acid groups (broad SMARTS) is 1. The van der Waals surface area contributed by atoms with Crippen LogP contribution in [-0.2, 0) is 4.79 Å². The Balaban J connectivity index is 3.68. The molecule has 0 spiro atoms. The lowest BCUT2D eigenvalue weighted by Gasteiger charge is -2.15. The number of carboxylic acids is 1. The summed E-state index contributed by atoms with van der Waals surface area (Å²) in [6, 6.07) is 0. The number of aliphatic hydroxyl groups is 3. The minimum absolute atomic E-state index is 0.215. The summed E-state index contributed by atoms with van der Waals surface area (Å²) >= 11 is 0. The van der Waals surface area contributed by atoms with Gasteiger partial charge in [-0.05, 0) is 19.3 Å². The van der Waals surface area contributed by atoms with Gasteiger partial charge in [0.05, 0.1) is 18.3 Å². The Hall–Kier alpha value is -0.910. The molecule has 3 atom stereocenters. The van der Waals surface area contributed by atoms with Gasteiger partial charge < -0.3 is 20.4 Å². The van der Waals surface area contributed by atoms with E-state index in [1.54, 1.807) is 6.08 Å². The zero-order valence-corrected chi connectivity index (χ0v) is 14.4. The molecule has 0 amide bonds. The highest BCUT2D eigenvalue weighted by Gasteiger charge is 2.13. The zero-order valence-electron chi connectivity index (χ0n) is 14.4. The zero-order chi connectivity index (χ0) is 17.5. The number of carbonyl (C=O) groups is 1. The van der Waals surface area contributed by atoms with Crippen LogP contribution in [-0.4, -0.2) is 44.7 Å². The van der Waals surface area contributed by atoms with Crippen LogP contribution in [0.2, 0.25) is 0 Å². The number of aliphatic hydroxyl groups excluding tert-OH is 3. The molecule has 0 fully saturated rings. The van der Waals surface area contributed by atoms with E-state index in [4.69, 9.17) is 5.11 Å². The van der Waals surface area contributed by atoms with Gasteiger partial charge in [0.15, 0.2) is 0 Å². The molecule has 4 N–H and O–H groups in total. The predicted octanol–water partition coefficient (Wildman–Crippen LogP) is 3.02. The van der Waals surface area contributed by atoms with Crippen molar-refractivity contribution in [2.45, 2.75) is 95.9 Å². The van der Waals surface area contributed by atoms with Gasteiger partial charge in [0.1, 0.15) is 0 Å². The van der Waals surface area contributed by atoms with Gasteiger partial charge in [-0.2, -0.15) is 0 Å². The smallest absolute Gasteiger partial charge is 0.303 e. The first-order valence-electron chi connectivity index (χ1n) is 8.91. The van der Waals surface area contributed by atoms with Gasteiger partial charge in [-0.3, -0.25) is 4.79 Å². The van der Waals surface area contributed by atoms with Crippen LogP contribution in [0.1, 0.15) is 77.6 Å². The second-order valence-corrected chi connectivity index (χ2v) is 6.21. The van der Waals surface area contributed by atoms with E-state index >= 15 is 0 Å². The first-order valence-corrected chi connectivity index (χ1v) is 8.91. The normalized spacial score (nSPS) is 15.7. The van der Waals surface area contributed by atoms with Gasteiger partial charge in [0.2, 0.25) is 0 Å². The third-order valence-corrected chi connectivity index (χ3v) is 3.92. The highest BCUT2D eigenvalue weighted by atomic mass is 16.4. The lowest BCUT2D eigenvalue weighted by Crippen LogP contribution is -2.24. The Bertz CT molecular complexity index is 317. The van der Waals surface area contributed by atoms with E-state index in [9.17, 15) is 20.1 Å². The molecule has 0 aromatic rings. The monoisotopic (exact) mass is 330 g/mol. The second kappa shape index (κ2) is 14.7. The molecule has 0 aromatic carbocycles. The summed E-state index contributed by atoms with van der Waals surface area (Å²) in [4.78, 5) is 10.4. The molecule has 5 heteroatoms. The Kier molecular flexibility index (Phi) is 14.1. The Morgan fingerprint density at radius 3 is 2.13 bits per heavy atom. The molecule has 0 radical (unpaired) electrons. The molecule has 0 bridgehead atoms. The van der Waals surface area contributed by atoms with Crippen molar-refractivity contribution in [3.63, 3.8) is 0 Å². The van der Waals surface area contributed by atoms with Crippen molar-refractivity contribution in [3.8, 4) is 0 Å². The van der Waals surface area contributed by atoms with E-state index in [1.165, 1.54) is 6.08 Å². The van der Waals surface area contributed by atoms with Crippen LogP contribution in [0.25, 0.3) is 0 Å². The van der Waals surface area contributed by atoms with Crippen molar-refractivity contribution in [2.75, 3.05) is 0 Å². The van der Waals surface area contributed by atoms with Crippen molar-refractivity contribution < 1.29 is 25.2 Å². The maximum atomic E-state index is 10.4. The topological polar surface area (TPSA) is 98.0 Å². The Labute approximate surface area is 140 Å². The summed E-state index contributed by atoms with van der Waals surface area (Å²) in [7, 11) is 0. The second-order valence-electron chi connectivity index (χ2n) is 6.21. The Morgan fingerprint density at radius 2 is 1.48 bits per heavy atom. The summed E-state index contributed by atoms with van der Waals surface area (Å²) in [5, 5.41) is 37.9. The summed E-state index contributed by atoms with van der Waals surface area (Å²) in [6.45, 7) is 2.11. The van der Waals surface area contributed by atoms with Gasteiger partial charge in [-0.25, -0.2) is 0 Å². The molecule has 0 aliphatic rings. The van der Waals surface area contributed by atoms with Crippen LogP contribution in [0, 0.1) is 0 Å². The number of hydrogen-bond acceptors (Lipinski definition) is 4. The number of hydrogen-bond donors (Lipinski definition) is 4. The summed E-state index contributed by atoms with van der Waals surface area (Å²) < 4.78 is 0. The fourth-order valence-corrected chi connectivity index (χ4v) is 2.40. The largest absolute Gasteiger partial charge is 0.481 e. The SMILES string of the molecule is CCCCC[C@H](O)C=CC(O)[C@@H](O)CCCCCCCC(=O)O. The van der Waals surface area contributed by atoms with E-state index in [0.717, 1.165) is 44.9 Å². The van der Waals surface area contributed by atoms with Gasteiger partial charge in [0.25, 0.3) is 0 Å². The fourth-order valence-electron chi connectivity index (χ4n) is 2.40. The van der Waals surface area contributed by atoms with Gasteiger partial charge in [0, 0.05) is 6.42 Å². The third kappa shape index (κ3) is 14.4. The standard InChI is InChI=1S/C18H34O5/c1-2-3-7-10-15(19)13-14-17(21)16(20)11-8-5-4-6-9-12-18(22)23/h13-17,19-21H,2-12H2,1H3,(H,22,23)/t15-,16-,17?/m0/s1. The van der Waals surface area contributed by atoms with E-state index in [0.29, 0.717) is 19.3 Å². The molecule has 0 aromatic heterocycles. The van der Waals surface area contributed by atoms with Crippen molar-refractivity contribution in [1.29, 1.82) is 0 Å². The minimum atomic E-state index is -0.942. The molecular weight excluding hydrogens is 296 g/mol. The van der Waals surface area contributed by atoms with E-state index < -0.39 is 24.3 Å². The molecule has 0 heterocycles. The van der Waals surface area contributed by atoms with Crippen molar-refractivity contribution >= 4 is 5.97 Å². The third-order valence-electron chi connectivity index (χ3n) is 3.92.